The van der Waals surface area contributed by atoms with Crippen LogP contribution >= 0.6 is 0 Å². The molecule has 2 N–H and O–H groups in total. The van der Waals surface area contributed by atoms with Crippen LogP contribution in [0.25, 0.3) is 11.0 Å². The zero-order chi connectivity index (χ0) is 12.7. The first-order valence-electron chi connectivity index (χ1n) is 6.62. The molecule has 1 fully saturated rings. The highest BCUT2D eigenvalue weighted by atomic mass is 19.1. The van der Waals surface area contributed by atoms with Gasteiger partial charge in [0.15, 0.2) is 0 Å². The van der Waals surface area contributed by atoms with E-state index in [1.54, 1.807) is 0 Å². The molecule has 2 unspecified atom stereocenters. The third-order valence-corrected chi connectivity index (χ3v) is 3.96. The summed E-state index contributed by atoms with van der Waals surface area (Å²) in [6, 6.07) is 5.00. The number of fused-ring (bicyclic) bond motifs is 1. The van der Waals surface area contributed by atoms with E-state index < -0.39 is 0 Å². The van der Waals surface area contributed by atoms with Crippen LogP contribution in [0.4, 0.5) is 4.39 Å². The molecule has 1 aromatic heterocycles. The summed E-state index contributed by atoms with van der Waals surface area (Å²) < 4.78 is 15.4. The summed E-state index contributed by atoms with van der Waals surface area (Å²) in [4.78, 5) is 4.62. The molecule has 0 amide bonds. The molecule has 4 heteroatoms. The standard InChI is InChI=1S/C14H18FN3/c1-2-18-13-7-6-9(15)8-12(13)17-14(18)10-4-3-5-11(10)16/h6-8,10-11H,2-5,16H2,1H3. The van der Waals surface area contributed by atoms with Gasteiger partial charge in [0.2, 0.25) is 0 Å². The summed E-state index contributed by atoms with van der Waals surface area (Å²) in [6.07, 6.45) is 3.31. The van der Waals surface area contributed by atoms with E-state index in [0.717, 1.165) is 42.7 Å². The fraction of sp³-hybridized carbons (Fsp3) is 0.500. The van der Waals surface area contributed by atoms with E-state index in [1.165, 1.54) is 12.1 Å². The second-order valence-corrected chi connectivity index (χ2v) is 5.05. The predicted octanol–water partition coefficient (Wildman–Crippen LogP) is 2.79. The first kappa shape index (κ1) is 11.7. The second kappa shape index (κ2) is 4.35. The van der Waals surface area contributed by atoms with Crippen molar-refractivity contribution < 1.29 is 4.39 Å². The van der Waals surface area contributed by atoms with Crippen LogP contribution in [0.15, 0.2) is 18.2 Å². The number of aromatic nitrogens is 2. The van der Waals surface area contributed by atoms with Gasteiger partial charge in [0, 0.05) is 24.6 Å². The Morgan fingerprint density at radius 3 is 2.94 bits per heavy atom. The maximum absolute atomic E-state index is 13.3. The van der Waals surface area contributed by atoms with Crippen LogP contribution in [-0.2, 0) is 6.54 Å². The van der Waals surface area contributed by atoms with E-state index in [0.29, 0.717) is 5.92 Å². The molecule has 18 heavy (non-hydrogen) atoms. The Morgan fingerprint density at radius 1 is 1.44 bits per heavy atom. The SMILES string of the molecule is CCn1c(C2CCCC2N)nc2cc(F)ccc21. The molecule has 0 spiro atoms. The fourth-order valence-corrected chi connectivity index (χ4v) is 3.05. The highest BCUT2D eigenvalue weighted by molar-refractivity contribution is 5.76. The Kier molecular flexibility index (Phi) is 2.82. The highest BCUT2D eigenvalue weighted by Gasteiger charge is 2.29. The lowest BCUT2D eigenvalue weighted by atomic mass is 10.0. The average molecular weight is 247 g/mol. The summed E-state index contributed by atoms with van der Waals surface area (Å²) in [5.74, 6) is 1.12. The van der Waals surface area contributed by atoms with Gasteiger partial charge in [0.1, 0.15) is 11.6 Å². The molecule has 2 aromatic rings. The van der Waals surface area contributed by atoms with E-state index in [9.17, 15) is 4.39 Å². The van der Waals surface area contributed by atoms with Crippen LogP contribution in [0.5, 0.6) is 0 Å². The smallest absolute Gasteiger partial charge is 0.125 e. The van der Waals surface area contributed by atoms with Gasteiger partial charge in [-0.15, -0.1) is 0 Å². The van der Waals surface area contributed by atoms with Gasteiger partial charge in [-0.05, 0) is 31.9 Å². The summed E-state index contributed by atoms with van der Waals surface area (Å²) in [7, 11) is 0. The summed E-state index contributed by atoms with van der Waals surface area (Å²) in [5, 5.41) is 0. The summed E-state index contributed by atoms with van der Waals surface area (Å²) >= 11 is 0. The number of nitrogens with two attached hydrogens (primary N) is 1. The Bertz CT molecular complexity index is 576. The molecule has 1 aliphatic rings. The van der Waals surface area contributed by atoms with Gasteiger partial charge in [0.25, 0.3) is 0 Å². The minimum atomic E-state index is -0.231. The van der Waals surface area contributed by atoms with Crippen molar-refractivity contribution in [3.05, 3.63) is 29.8 Å². The van der Waals surface area contributed by atoms with Crippen LogP contribution < -0.4 is 5.73 Å². The van der Waals surface area contributed by atoms with Crippen molar-refractivity contribution >= 4 is 11.0 Å². The number of nitrogens with zero attached hydrogens (tertiary/aromatic N) is 2. The van der Waals surface area contributed by atoms with Crippen LogP contribution in [-0.4, -0.2) is 15.6 Å². The third-order valence-electron chi connectivity index (χ3n) is 3.96. The zero-order valence-corrected chi connectivity index (χ0v) is 10.6. The normalized spacial score (nSPS) is 23.9. The van der Waals surface area contributed by atoms with Crippen molar-refractivity contribution in [2.24, 2.45) is 5.73 Å². The van der Waals surface area contributed by atoms with Gasteiger partial charge in [-0.2, -0.15) is 0 Å². The molecule has 0 radical (unpaired) electrons. The number of benzene rings is 1. The quantitative estimate of drug-likeness (QED) is 0.886. The highest BCUT2D eigenvalue weighted by Crippen LogP contribution is 2.34. The largest absolute Gasteiger partial charge is 0.328 e. The van der Waals surface area contributed by atoms with Crippen molar-refractivity contribution in [1.82, 2.24) is 9.55 Å². The number of imidazole rings is 1. The maximum Gasteiger partial charge on any atom is 0.125 e. The monoisotopic (exact) mass is 247 g/mol. The maximum atomic E-state index is 13.3. The van der Waals surface area contributed by atoms with Crippen LogP contribution in [0.1, 0.15) is 37.9 Å². The van der Waals surface area contributed by atoms with Crippen molar-refractivity contribution in [1.29, 1.82) is 0 Å². The molecule has 3 rings (SSSR count). The van der Waals surface area contributed by atoms with E-state index in [1.807, 2.05) is 6.07 Å². The predicted molar refractivity (Wildman–Crippen MR) is 69.9 cm³/mol. The molecule has 0 saturated heterocycles. The van der Waals surface area contributed by atoms with Crippen LogP contribution in [0, 0.1) is 5.82 Å². The van der Waals surface area contributed by atoms with Gasteiger partial charge in [-0.3, -0.25) is 0 Å². The molecule has 2 atom stereocenters. The molecule has 0 aliphatic heterocycles. The van der Waals surface area contributed by atoms with Crippen molar-refractivity contribution in [3.63, 3.8) is 0 Å². The molecule has 1 aliphatic carbocycles. The molecule has 1 heterocycles. The van der Waals surface area contributed by atoms with Gasteiger partial charge in [0.05, 0.1) is 11.0 Å². The molecule has 96 valence electrons. The van der Waals surface area contributed by atoms with Gasteiger partial charge >= 0.3 is 0 Å². The lowest BCUT2D eigenvalue weighted by molar-refractivity contribution is 0.550. The molecule has 3 nitrogen and oxygen atoms in total. The van der Waals surface area contributed by atoms with Crippen molar-refractivity contribution in [2.45, 2.75) is 44.7 Å². The van der Waals surface area contributed by atoms with Crippen molar-refractivity contribution in [2.75, 3.05) is 0 Å². The first-order valence-corrected chi connectivity index (χ1v) is 6.62. The van der Waals surface area contributed by atoms with Crippen LogP contribution in [0.3, 0.4) is 0 Å². The lowest BCUT2D eigenvalue weighted by Gasteiger charge is -2.16. The van der Waals surface area contributed by atoms with Gasteiger partial charge in [-0.1, -0.05) is 6.42 Å². The molecule has 0 bridgehead atoms. The van der Waals surface area contributed by atoms with E-state index >= 15 is 0 Å². The topological polar surface area (TPSA) is 43.8 Å². The van der Waals surface area contributed by atoms with Crippen LogP contribution in [0.2, 0.25) is 0 Å². The van der Waals surface area contributed by atoms with Gasteiger partial charge < -0.3 is 10.3 Å². The molecule has 1 aromatic carbocycles. The minimum Gasteiger partial charge on any atom is -0.328 e. The second-order valence-electron chi connectivity index (χ2n) is 5.05. The molecular formula is C14H18FN3. The number of rotatable bonds is 2. The number of halogens is 1. The van der Waals surface area contributed by atoms with E-state index in [-0.39, 0.29) is 11.9 Å². The summed E-state index contributed by atoms with van der Waals surface area (Å²) in [5.41, 5.74) is 7.91. The minimum absolute atomic E-state index is 0.192. The fourth-order valence-electron chi connectivity index (χ4n) is 3.05. The number of hydrogen-bond donors (Lipinski definition) is 1. The Labute approximate surface area is 106 Å². The number of hydrogen-bond acceptors (Lipinski definition) is 2. The lowest BCUT2D eigenvalue weighted by Crippen LogP contribution is -2.25. The Morgan fingerprint density at radius 2 is 2.28 bits per heavy atom. The van der Waals surface area contributed by atoms with E-state index in [4.69, 9.17) is 5.73 Å². The number of aryl methyl sites for hydroxylation is 1. The average Bonchev–Trinajstić information content (AvgIpc) is 2.91. The Balaban J connectivity index is 2.16. The Hall–Kier alpha value is -1.42. The van der Waals surface area contributed by atoms with Gasteiger partial charge in [-0.25, -0.2) is 9.37 Å². The zero-order valence-electron chi connectivity index (χ0n) is 10.6. The molecular weight excluding hydrogens is 229 g/mol. The molecule has 1 saturated carbocycles. The third kappa shape index (κ3) is 1.72. The van der Waals surface area contributed by atoms with Crippen molar-refractivity contribution in [3.8, 4) is 0 Å². The first-order chi connectivity index (χ1) is 8.70. The van der Waals surface area contributed by atoms with E-state index in [2.05, 4.69) is 16.5 Å². The summed E-state index contributed by atoms with van der Waals surface area (Å²) in [6.45, 7) is 2.94.